The second-order valence-electron chi connectivity index (χ2n) is 4.45. The minimum atomic E-state index is -4.34. The number of fused-ring (bicyclic) bond motifs is 1. The number of hydrogen-bond acceptors (Lipinski definition) is 2. The summed E-state index contributed by atoms with van der Waals surface area (Å²) >= 11 is 0. The normalized spacial score (nSPS) is 11.9. The Bertz CT molecular complexity index is 713. The Labute approximate surface area is 112 Å². The summed E-state index contributed by atoms with van der Waals surface area (Å²) in [5.41, 5.74) is 1.20. The lowest BCUT2D eigenvalue weighted by Gasteiger charge is -2.07. The minimum absolute atomic E-state index is 0.235. The first-order valence-electron chi connectivity index (χ1n) is 6.03. The van der Waals surface area contributed by atoms with Crippen LogP contribution >= 0.6 is 0 Å². The van der Waals surface area contributed by atoms with Crippen molar-refractivity contribution in [3.8, 4) is 0 Å². The molecule has 0 radical (unpaired) electrons. The van der Waals surface area contributed by atoms with E-state index in [0.29, 0.717) is 22.6 Å². The van der Waals surface area contributed by atoms with Crippen LogP contribution in [0.25, 0.3) is 11.1 Å². The molecule has 0 bridgehead atoms. The van der Waals surface area contributed by atoms with Crippen LogP contribution in [0.5, 0.6) is 0 Å². The average molecular weight is 277 g/mol. The van der Waals surface area contributed by atoms with Gasteiger partial charge in [0.15, 0.2) is 11.5 Å². The first-order chi connectivity index (χ1) is 9.52. The molecular weight excluding hydrogens is 267 g/mol. The van der Waals surface area contributed by atoms with E-state index in [2.05, 4.69) is 4.98 Å². The molecule has 1 aromatic heterocycles. The highest BCUT2D eigenvalue weighted by molar-refractivity contribution is 5.72. The van der Waals surface area contributed by atoms with Gasteiger partial charge in [-0.1, -0.05) is 30.3 Å². The summed E-state index contributed by atoms with van der Waals surface area (Å²) in [6, 6.07) is 12.4. The highest BCUT2D eigenvalue weighted by Gasteiger charge is 2.30. The van der Waals surface area contributed by atoms with E-state index in [4.69, 9.17) is 4.42 Å². The molecule has 102 valence electrons. The molecule has 0 fully saturated rings. The maximum atomic E-state index is 12.6. The Morgan fingerprint density at radius 2 is 1.80 bits per heavy atom. The van der Waals surface area contributed by atoms with Crippen LogP contribution in [0.15, 0.2) is 52.9 Å². The van der Waals surface area contributed by atoms with Gasteiger partial charge < -0.3 is 4.42 Å². The summed E-state index contributed by atoms with van der Waals surface area (Å²) in [5, 5.41) is 0. The molecule has 20 heavy (non-hydrogen) atoms. The lowest BCUT2D eigenvalue weighted by molar-refractivity contribution is -0.137. The van der Waals surface area contributed by atoms with Crippen LogP contribution in [-0.2, 0) is 12.6 Å². The number of halogens is 3. The number of para-hydroxylation sites is 2. The van der Waals surface area contributed by atoms with Crippen molar-refractivity contribution in [1.82, 2.24) is 4.98 Å². The summed E-state index contributed by atoms with van der Waals surface area (Å²) in [6.07, 6.45) is -4.10. The SMILES string of the molecule is FC(F)(F)c1cccc(Cc2nc3ccccc3o2)c1. The number of oxazole rings is 1. The first-order valence-corrected chi connectivity index (χ1v) is 6.03. The third kappa shape index (κ3) is 2.52. The van der Waals surface area contributed by atoms with E-state index < -0.39 is 11.7 Å². The second-order valence-corrected chi connectivity index (χ2v) is 4.45. The zero-order valence-electron chi connectivity index (χ0n) is 10.3. The van der Waals surface area contributed by atoms with Crippen molar-refractivity contribution in [2.24, 2.45) is 0 Å². The summed E-state index contributed by atoms with van der Waals surface area (Å²) in [4.78, 5) is 4.25. The fraction of sp³-hybridized carbons (Fsp3) is 0.133. The summed E-state index contributed by atoms with van der Waals surface area (Å²) < 4.78 is 43.4. The molecular formula is C15H10F3NO. The molecule has 3 rings (SSSR count). The summed E-state index contributed by atoms with van der Waals surface area (Å²) in [7, 11) is 0. The molecule has 0 aliphatic heterocycles. The van der Waals surface area contributed by atoms with Crippen molar-refractivity contribution in [1.29, 1.82) is 0 Å². The van der Waals surface area contributed by atoms with Crippen LogP contribution in [-0.4, -0.2) is 4.98 Å². The maximum absolute atomic E-state index is 12.6. The smallest absolute Gasteiger partial charge is 0.416 e. The van der Waals surface area contributed by atoms with E-state index in [1.54, 1.807) is 18.2 Å². The quantitative estimate of drug-likeness (QED) is 0.692. The van der Waals surface area contributed by atoms with Crippen molar-refractivity contribution >= 4 is 11.1 Å². The van der Waals surface area contributed by atoms with Crippen LogP contribution in [0.3, 0.4) is 0 Å². The van der Waals surface area contributed by atoms with Gasteiger partial charge in [-0.3, -0.25) is 0 Å². The fourth-order valence-electron chi connectivity index (χ4n) is 2.03. The molecule has 0 aliphatic rings. The molecule has 0 saturated heterocycles. The topological polar surface area (TPSA) is 26.0 Å². The van der Waals surface area contributed by atoms with Crippen molar-refractivity contribution in [2.75, 3.05) is 0 Å². The van der Waals surface area contributed by atoms with Crippen molar-refractivity contribution < 1.29 is 17.6 Å². The van der Waals surface area contributed by atoms with Crippen LogP contribution < -0.4 is 0 Å². The van der Waals surface area contributed by atoms with E-state index in [9.17, 15) is 13.2 Å². The number of nitrogens with zero attached hydrogens (tertiary/aromatic N) is 1. The van der Waals surface area contributed by atoms with Crippen molar-refractivity contribution in [3.63, 3.8) is 0 Å². The summed E-state index contributed by atoms with van der Waals surface area (Å²) in [5.74, 6) is 0.408. The molecule has 0 spiro atoms. The fourth-order valence-corrected chi connectivity index (χ4v) is 2.03. The van der Waals surface area contributed by atoms with Crippen molar-refractivity contribution in [2.45, 2.75) is 12.6 Å². The Kier molecular flexibility index (Phi) is 2.97. The molecule has 0 aliphatic carbocycles. The van der Waals surface area contributed by atoms with Gasteiger partial charge in [0.2, 0.25) is 0 Å². The van der Waals surface area contributed by atoms with Gasteiger partial charge in [-0.25, -0.2) is 4.98 Å². The van der Waals surface area contributed by atoms with Gasteiger partial charge in [0.05, 0.1) is 5.56 Å². The lowest BCUT2D eigenvalue weighted by Crippen LogP contribution is -2.05. The number of rotatable bonds is 2. The monoisotopic (exact) mass is 277 g/mol. The predicted molar refractivity (Wildman–Crippen MR) is 68.3 cm³/mol. The molecule has 0 N–H and O–H groups in total. The van der Waals surface area contributed by atoms with Crippen LogP contribution in [0.1, 0.15) is 17.0 Å². The van der Waals surface area contributed by atoms with Gasteiger partial charge in [-0.15, -0.1) is 0 Å². The highest BCUT2D eigenvalue weighted by Crippen LogP contribution is 2.30. The molecule has 0 amide bonds. The molecule has 0 atom stereocenters. The number of aromatic nitrogens is 1. The third-order valence-corrected chi connectivity index (χ3v) is 2.95. The first kappa shape index (κ1) is 12.7. The zero-order valence-corrected chi connectivity index (χ0v) is 10.3. The predicted octanol–water partition coefficient (Wildman–Crippen LogP) is 4.44. The zero-order chi connectivity index (χ0) is 14.2. The molecule has 5 heteroatoms. The Morgan fingerprint density at radius 3 is 2.55 bits per heavy atom. The van der Waals surface area contributed by atoms with E-state index in [0.717, 1.165) is 12.1 Å². The summed E-state index contributed by atoms with van der Waals surface area (Å²) in [6.45, 7) is 0. The number of alkyl halides is 3. The van der Waals surface area contributed by atoms with Gasteiger partial charge >= 0.3 is 6.18 Å². The van der Waals surface area contributed by atoms with Gasteiger partial charge in [-0.2, -0.15) is 13.2 Å². The van der Waals surface area contributed by atoms with Crippen molar-refractivity contribution in [3.05, 3.63) is 65.5 Å². The van der Waals surface area contributed by atoms with E-state index in [1.807, 2.05) is 12.1 Å². The molecule has 1 heterocycles. The standard InChI is InChI=1S/C15H10F3NO/c16-15(17,18)11-5-3-4-10(8-11)9-14-19-12-6-1-2-7-13(12)20-14/h1-8H,9H2. The largest absolute Gasteiger partial charge is 0.440 e. The van der Waals surface area contributed by atoms with Gasteiger partial charge in [0, 0.05) is 6.42 Å². The third-order valence-electron chi connectivity index (χ3n) is 2.95. The van der Waals surface area contributed by atoms with E-state index >= 15 is 0 Å². The van der Waals surface area contributed by atoms with Gasteiger partial charge in [0.1, 0.15) is 5.52 Å². The Hall–Kier alpha value is -2.30. The Balaban J connectivity index is 1.91. The molecule has 2 nitrogen and oxygen atoms in total. The minimum Gasteiger partial charge on any atom is -0.440 e. The molecule has 2 aromatic carbocycles. The van der Waals surface area contributed by atoms with Gasteiger partial charge in [0.25, 0.3) is 0 Å². The number of hydrogen-bond donors (Lipinski definition) is 0. The van der Waals surface area contributed by atoms with Crippen LogP contribution in [0.2, 0.25) is 0 Å². The van der Waals surface area contributed by atoms with E-state index in [-0.39, 0.29) is 6.42 Å². The molecule has 0 unspecified atom stereocenters. The average Bonchev–Trinajstić information content (AvgIpc) is 2.80. The van der Waals surface area contributed by atoms with Crippen LogP contribution in [0.4, 0.5) is 13.2 Å². The van der Waals surface area contributed by atoms with Crippen LogP contribution in [0, 0.1) is 0 Å². The van der Waals surface area contributed by atoms with E-state index in [1.165, 1.54) is 6.07 Å². The second kappa shape index (κ2) is 4.67. The molecule has 0 saturated carbocycles. The Morgan fingerprint density at radius 1 is 1.00 bits per heavy atom. The lowest BCUT2D eigenvalue weighted by atomic mass is 10.1. The number of benzene rings is 2. The molecule has 3 aromatic rings. The maximum Gasteiger partial charge on any atom is 0.416 e. The highest BCUT2D eigenvalue weighted by atomic mass is 19.4. The van der Waals surface area contributed by atoms with Gasteiger partial charge in [-0.05, 0) is 23.8 Å².